The van der Waals surface area contributed by atoms with E-state index in [1.165, 1.54) is 12.1 Å². The highest BCUT2D eigenvalue weighted by Gasteiger charge is 2.41. The molecule has 0 aliphatic carbocycles. The van der Waals surface area contributed by atoms with Crippen LogP contribution in [0.2, 0.25) is 0 Å². The average molecular weight is 483 g/mol. The van der Waals surface area contributed by atoms with Crippen molar-refractivity contribution in [3.8, 4) is 11.5 Å². The van der Waals surface area contributed by atoms with Crippen LogP contribution in [0.5, 0.6) is 11.5 Å². The van der Waals surface area contributed by atoms with Gasteiger partial charge in [-0.1, -0.05) is 66.7 Å². The Morgan fingerprint density at radius 3 is 1.53 bits per heavy atom. The van der Waals surface area contributed by atoms with Crippen LogP contribution < -0.4 is 14.4 Å². The summed E-state index contributed by atoms with van der Waals surface area (Å²) < 4.78 is 65.8. The number of hydrogen-bond donors (Lipinski definition) is 1. The van der Waals surface area contributed by atoms with Crippen molar-refractivity contribution >= 4 is 13.3 Å². The molecular formula is C26H21F3NO3P. The largest absolute Gasteiger partial charge is 0.457 e. The maximum absolute atomic E-state index is 14.4. The van der Waals surface area contributed by atoms with Gasteiger partial charge in [-0.05, 0) is 54.1 Å². The quantitative estimate of drug-likeness (QED) is 0.257. The Labute approximate surface area is 195 Å². The zero-order valence-corrected chi connectivity index (χ0v) is 18.7. The molecule has 0 amide bonds. The summed E-state index contributed by atoms with van der Waals surface area (Å²) in [5.74, 6) is -0.514. The Morgan fingerprint density at radius 1 is 0.647 bits per heavy atom. The van der Waals surface area contributed by atoms with Crippen LogP contribution in [-0.2, 0) is 10.7 Å². The van der Waals surface area contributed by atoms with Gasteiger partial charge in [0.05, 0.1) is 5.56 Å². The predicted molar refractivity (Wildman–Crippen MR) is 126 cm³/mol. The number of halogens is 3. The molecule has 4 rings (SSSR count). The van der Waals surface area contributed by atoms with Crippen LogP contribution in [0.1, 0.15) is 16.9 Å². The molecule has 0 fully saturated rings. The first-order valence-electron chi connectivity index (χ1n) is 10.4. The maximum atomic E-state index is 14.4. The second kappa shape index (κ2) is 10.1. The van der Waals surface area contributed by atoms with Crippen LogP contribution in [0, 0.1) is 0 Å². The third-order valence-corrected chi connectivity index (χ3v) is 6.89. The van der Waals surface area contributed by atoms with Gasteiger partial charge in [-0.3, -0.25) is 0 Å². The Balaban J connectivity index is 1.80. The molecule has 0 saturated heterocycles. The molecule has 4 nitrogen and oxygen atoms in total. The maximum Gasteiger partial charge on any atom is 0.457 e. The van der Waals surface area contributed by atoms with Gasteiger partial charge in [0, 0.05) is 5.69 Å². The molecule has 0 bridgehead atoms. The van der Waals surface area contributed by atoms with Gasteiger partial charge in [0.2, 0.25) is 0 Å². The van der Waals surface area contributed by atoms with Crippen molar-refractivity contribution in [3.05, 3.63) is 126 Å². The summed E-state index contributed by atoms with van der Waals surface area (Å²) >= 11 is 0. The molecule has 1 atom stereocenters. The fraction of sp³-hybridized carbons (Fsp3) is 0.0769. The van der Waals surface area contributed by atoms with E-state index >= 15 is 0 Å². The van der Waals surface area contributed by atoms with Gasteiger partial charge < -0.3 is 14.4 Å². The standard InChI is InChI=1S/C26H21F3NO3P/c27-26(28,29)21-18-16-20(17-19-21)25(30-22-10-4-1-5-11-22)34(31,32-23-12-6-2-7-13-23)33-24-14-8-3-9-15-24/h1-19,25,30H. The first-order valence-corrected chi connectivity index (χ1v) is 12.0. The lowest BCUT2D eigenvalue weighted by molar-refractivity contribution is -0.137. The number of rotatable bonds is 8. The first kappa shape index (κ1) is 23.5. The van der Waals surface area contributed by atoms with Gasteiger partial charge in [-0.25, -0.2) is 4.57 Å². The van der Waals surface area contributed by atoms with Crippen molar-refractivity contribution in [2.45, 2.75) is 12.0 Å². The molecule has 0 aliphatic rings. The third kappa shape index (κ3) is 5.80. The lowest BCUT2D eigenvalue weighted by Crippen LogP contribution is -2.18. The summed E-state index contributed by atoms with van der Waals surface area (Å²) in [4.78, 5) is 0. The highest BCUT2D eigenvalue weighted by atomic mass is 31.2. The van der Waals surface area contributed by atoms with Crippen LogP contribution in [0.25, 0.3) is 0 Å². The molecule has 0 radical (unpaired) electrons. The van der Waals surface area contributed by atoms with Gasteiger partial charge in [-0.15, -0.1) is 0 Å². The van der Waals surface area contributed by atoms with E-state index in [2.05, 4.69) is 5.32 Å². The van der Waals surface area contributed by atoms with E-state index in [0.717, 1.165) is 12.1 Å². The SMILES string of the molecule is O=P(Oc1ccccc1)(Oc1ccccc1)C(Nc1ccccc1)c1ccc(C(F)(F)F)cc1. The van der Waals surface area contributed by atoms with E-state index < -0.39 is 25.1 Å². The molecular weight excluding hydrogens is 462 g/mol. The number of nitrogens with one attached hydrogen (secondary N) is 1. The number of para-hydroxylation sites is 3. The molecule has 174 valence electrons. The first-order chi connectivity index (χ1) is 16.3. The number of anilines is 1. The summed E-state index contributed by atoms with van der Waals surface area (Å²) in [6.07, 6.45) is -4.49. The lowest BCUT2D eigenvalue weighted by Gasteiger charge is -2.29. The molecule has 0 aliphatic heterocycles. The molecule has 0 aromatic heterocycles. The van der Waals surface area contributed by atoms with Crippen molar-refractivity contribution in [1.82, 2.24) is 0 Å². The van der Waals surface area contributed by atoms with Crippen molar-refractivity contribution < 1.29 is 26.8 Å². The zero-order valence-electron chi connectivity index (χ0n) is 17.9. The normalized spacial score (nSPS) is 12.6. The van der Waals surface area contributed by atoms with Gasteiger partial charge in [-0.2, -0.15) is 13.2 Å². The number of hydrogen-bond acceptors (Lipinski definition) is 4. The topological polar surface area (TPSA) is 47.6 Å². The third-order valence-electron chi connectivity index (χ3n) is 4.90. The van der Waals surface area contributed by atoms with Crippen molar-refractivity contribution in [1.29, 1.82) is 0 Å². The van der Waals surface area contributed by atoms with Gasteiger partial charge in [0.15, 0.2) is 5.78 Å². The number of benzene rings is 4. The van der Waals surface area contributed by atoms with E-state index in [1.54, 1.807) is 84.9 Å². The van der Waals surface area contributed by atoms with Crippen LogP contribution in [0.15, 0.2) is 115 Å². The lowest BCUT2D eigenvalue weighted by atomic mass is 10.1. The molecule has 1 N–H and O–H groups in total. The summed E-state index contributed by atoms with van der Waals surface area (Å²) in [5.41, 5.74) is 0.102. The van der Waals surface area contributed by atoms with E-state index in [0.29, 0.717) is 22.7 Å². The highest BCUT2D eigenvalue weighted by Crippen LogP contribution is 2.60. The van der Waals surface area contributed by atoms with Gasteiger partial charge >= 0.3 is 13.8 Å². The van der Waals surface area contributed by atoms with E-state index in [-0.39, 0.29) is 0 Å². The van der Waals surface area contributed by atoms with Crippen LogP contribution >= 0.6 is 7.60 Å². The predicted octanol–water partition coefficient (Wildman–Crippen LogP) is 8.17. The van der Waals surface area contributed by atoms with Crippen LogP contribution in [0.3, 0.4) is 0 Å². The Morgan fingerprint density at radius 2 is 1.09 bits per heavy atom. The highest BCUT2D eigenvalue weighted by molar-refractivity contribution is 7.55. The Bertz CT molecular complexity index is 1190. The van der Waals surface area contributed by atoms with Gasteiger partial charge in [0.25, 0.3) is 0 Å². The second-order valence-electron chi connectivity index (χ2n) is 7.38. The molecule has 4 aromatic rings. The summed E-state index contributed by atoms with van der Waals surface area (Å²) in [6, 6.07) is 30.3. The van der Waals surface area contributed by atoms with Crippen molar-refractivity contribution in [3.63, 3.8) is 0 Å². The Hall–Kier alpha value is -3.70. The van der Waals surface area contributed by atoms with E-state index in [4.69, 9.17) is 9.05 Å². The fourth-order valence-electron chi connectivity index (χ4n) is 3.27. The molecule has 1 unspecified atom stereocenters. The monoisotopic (exact) mass is 483 g/mol. The number of alkyl halides is 3. The molecule has 8 heteroatoms. The molecule has 0 saturated carbocycles. The van der Waals surface area contributed by atoms with Crippen LogP contribution in [0.4, 0.5) is 18.9 Å². The second-order valence-corrected chi connectivity index (χ2v) is 9.34. The summed E-state index contributed by atoms with van der Waals surface area (Å²) in [5, 5.41) is 3.14. The van der Waals surface area contributed by atoms with E-state index in [9.17, 15) is 17.7 Å². The molecule has 0 heterocycles. The van der Waals surface area contributed by atoms with Crippen LogP contribution in [-0.4, -0.2) is 0 Å². The zero-order chi connectivity index (χ0) is 24.0. The van der Waals surface area contributed by atoms with Crippen molar-refractivity contribution in [2.24, 2.45) is 0 Å². The Kier molecular flexibility index (Phi) is 6.94. The molecule has 0 spiro atoms. The van der Waals surface area contributed by atoms with Crippen molar-refractivity contribution in [2.75, 3.05) is 5.32 Å². The average Bonchev–Trinajstić information content (AvgIpc) is 2.84. The minimum Gasteiger partial charge on any atom is -0.414 e. The van der Waals surface area contributed by atoms with Gasteiger partial charge in [0.1, 0.15) is 11.5 Å². The minimum atomic E-state index is -4.49. The summed E-state index contributed by atoms with van der Waals surface area (Å²) in [6.45, 7) is 0. The molecule has 4 aromatic carbocycles. The molecule has 34 heavy (non-hydrogen) atoms. The smallest absolute Gasteiger partial charge is 0.414 e. The fourth-order valence-corrected chi connectivity index (χ4v) is 5.20. The summed E-state index contributed by atoms with van der Waals surface area (Å²) in [7, 11) is -4.11. The van der Waals surface area contributed by atoms with E-state index in [1.807, 2.05) is 6.07 Å². The minimum absolute atomic E-state index is 0.300.